The number of carbonyl (C=O) groups excluding carboxylic acids is 2. The molecule has 0 aromatic rings. The zero-order valence-electron chi connectivity index (χ0n) is 17.8. The minimum atomic E-state index is 0.0154. The Hall–Kier alpha value is -0.860. The van der Waals surface area contributed by atoms with E-state index in [2.05, 4.69) is 13.8 Å². The summed E-state index contributed by atoms with van der Waals surface area (Å²) >= 11 is 0. The number of hydrogen-bond acceptors (Lipinski definition) is 3. The van der Waals surface area contributed by atoms with Gasteiger partial charge in [0.05, 0.1) is 12.5 Å². The summed E-state index contributed by atoms with van der Waals surface area (Å²) in [5.74, 6) is 0.352. The molecule has 0 aliphatic rings. The monoisotopic (exact) mass is 368 g/mol. The first-order chi connectivity index (χ1) is 12.6. The molecule has 3 nitrogen and oxygen atoms in total. The van der Waals surface area contributed by atoms with Gasteiger partial charge in [0.25, 0.3) is 0 Å². The van der Waals surface area contributed by atoms with Gasteiger partial charge in [-0.1, -0.05) is 78.1 Å². The molecule has 0 aliphatic carbocycles. The van der Waals surface area contributed by atoms with Crippen LogP contribution in [0.4, 0.5) is 0 Å². The molecule has 26 heavy (non-hydrogen) atoms. The lowest BCUT2D eigenvalue weighted by atomic mass is 9.94. The van der Waals surface area contributed by atoms with E-state index < -0.39 is 0 Å². The summed E-state index contributed by atoms with van der Waals surface area (Å²) in [6.45, 7) is 6.60. The molecular formula is C23H44O3. The van der Waals surface area contributed by atoms with Gasteiger partial charge < -0.3 is 9.53 Å². The first kappa shape index (κ1) is 25.1. The van der Waals surface area contributed by atoms with Crippen molar-refractivity contribution in [1.29, 1.82) is 0 Å². The number of carbonyl (C=O) groups is 2. The van der Waals surface area contributed by atoms with Crippen molar-refractivity contribution < 1.29 is 14.3 Å². The number of unbranched alkanes of at least 4 members (excludes halogenated alkanes) is 10. The van der Waals surface area contributed by atoms with E-state index in [0.717, 1.165) is 44.9 Å². The van der Waals surface area contributed by atoms with Crippen molar-refractivity contribution in [2.24, 2.45) is 5.92 Å². The average Bonchev–Trinajstić information content (AvgIpc) is 2.62. The van der Waals surface area contributed by atoms with Crippen LogP contribution in [0.15, 0.2) is 0 Å². The van der Waals surface area contributed by atoms with Crippen molar-refractivity contribution in [3.05, 3.63) is 0 Å². The lowest BCUT2D eigenvalue weighted by Crippen LogP contribution is -2.18. The standard InChI is InChI=1S/C23H44O3/c1-4-6-8-10-11-15-19-22(18-14-9-7-5-2)23(25)26-20-16-12-13-17-21(3)24/h22H,4-20H2,1-3H3. The van der Waals surface area contributed by atoms with Crippen LogP contribution in [0.2, 0.25) is 0 Å². The van der Waals surface area contributed by atoms with E-state index in [0.29, 0.717) is 13.0 Å². The summed E-state index contributed by atoms with van der Waals surface area (Å²) in [4.78, 5) is 23.4. The van der Waals surface area contributed by atoms with E-state index in [4.69, 9.17) is 4.74 Å². The molecule has 0 amide bonds. The highest BCUT2D eigenvalue weighted by Crippen LogP contribution is 2.20. The molecule has 0 aliphatic heterocycles. The molecule has 0 aromatic carbocycles. The molecule has 0 saturated carbocycles. The Bertz CT molecular complexity index is 338. The molecule has 0 saturated heterocycles. The molecule has 0 fully saturated rings. The topological polar surface area (TPSA) is 43.4 Å². The lowest BCUT2D eigenvalue weighted by molar-refractivity contribution is -0.149. The van der Waals surface area contributed by atoms with Crippen molar-refractivity contribution >= 4 is 11.8 Å². The highest BCUT2D eigenvalue weighted by molar-refractivity contribution is 5.75. The van der Waals surface area contributed by atoms with Gasteiger partial charge in [0.15, 0.2) is 0 Å². The molecule has 1 atom stereocenters. The van der Waals surface area contributed by atoms with Crippen molar-refractivity contribution in [2.75, 3.05) is 6.61 Å². The second-order valence-electron chi connectivity index (χ2n) is 7.78. The maximum absolute atomic E-state index is 12.4. The highest BCUT2D eigenvalue weighted by atomic mass is 16.5. The van der Waals surface area contributed by atoms with Crippen LogP contribution in [0.3, 0.4) is 0 Å². The third kappa shape index (κ3) is 16.6. The van der Waals surface area contributed by atoms with Gasteiger partial charge in [0.1, 0.15) is 5.78 Å². The number of hydrogen-bond donors (Lipinski definition) is 0. The second-order valence-corrected chi connectivity index (χ2v) is 7.78. The van der Waals surface area contributed by atoms with E-state index in [1.54, 1.807) is 6.92 Å². The molecular weight excluding hydrogens is 324 g/mol. The van der Waals surface area contributed by atoms with Gasteiger partial charge in [-0.15, -0.1) is 0 Å². The summed E-state index contributed by atoms with van der Waals surface area (Å²) in [6.07, 6.45) is 17.8. The van der Waals surface area contributed by atoms with Gasteiger partial charge in [-0.25, -0.2) is 0 Å². The number of Topliss-reactive ketones (excluding diaryl/α,β-unsaturated/α-hetero) is 1. The fourth-order valence-corrected chi connectivity index (χ4v) is 3.31. The normalized spacial score (nSPS) is 12.1. The van der Waals surface area contributed by atoms with E-state index in [1.165, 1.54) is 51.4 Å². The molecule has 0 aromatic heterocycles. The summed E-state index contributed by atoms with van der Waals surface area (Å²) in [7, 11) is 0. The summed E-state index contributed by atoms with van der Waals surface area (Å²) in [5, 5.41) is 0. The number of ketones is 1. The van der Waals surface area contributed by atoms with Crippen LogP contribution < -0.4 is 0 Å². The number of esters is 1. The van der Waals surface area contributed by atoms with E-state index in [-0.39, 0.29) is 17.7 Å². The molecule has 0 spiro atoms. The Balaban J connectivity index is 4.01. The van der Waals surface area contributed by atoms with Crippen molar-refractivity contribution in [2.45, 2.75) is 124 Å². The van der Waals surface area contributed by atoms with E-state index in [9.17, 15) is 9.59 Å². The van der Waals surface area contributed by atoms with Crippen LogP contribution in [-0.4, -0.2) is 18.4 Å². The van der Waals surface area contributed by atoms with Gasteiger partial charge in [-0.2, -0.15) is 0 Å². The molecule has 0 bridgehead atoms. The lowest BCUT2D eigenvalue weighted by Gasteiger charge is -2.16. The van der Waals surface area contributed by atoms with Gasteiger partial charge in [0.2, 0.25) is 0 Å². The minimum Gasteiger partial charge on any atom is -0.465 e. The third-order valence-corrected chi connectivity index (χ3v) is 5.06. The van der Waals surface area contributed by atoms with Gasteiger partial charge >= 0.3 is 5.97 Å². The van der Waals surface area contributed by atoms with Gasteiger partial charge in [0, 0.05) is 6.42 Å². The number of ether oxygens (including phenoxy) is 1. The molecule has 0 N–H and O–H groups in total. The summed E-state index contributed by atoms with van der Waals surface area (Å²) in [5.41, 5.74) is 0. The Morgan fingerprint density at radius 2 is 1.19 bits per heavy atom. The maximum atomic E-state index is 12.4. The number of rotatable bonds is 19. The zero-order valence-corrected chi connectivity index (χ0v) is 17.8. The minimum absolute atomic E-state index is 0.0154. The largest absolute Gasteiger partial charge is 0.465 e. The zero-order chi connectivity index (χ0) is 19.5. The fraction of sp³-hybridized carbons (Fsp3) is 0.913. The maximum Gasteiger partial charge on any atom is 0.308 e. The van der Waals surface area contributed by atoms with Crippen LogP contribution in [-0.2, 0) is 14.3 Å². The van der Waals surface area contributed by atoms with E-state index >= 15 is 0 Å². The van der Waals surface area contributed by atoms with Crippen LogP contribution >= 0.6 is 0 Å². The Morgan fingerprint density at radius 1 is 0.692 bits per heavy atom. The third-order valence-electron chi connectivity index (χ3n) is 5.06. The Kier molecular flexibility index (Phi) is 18.3. The van der Waals surface area contributed by atoms with Crippen molar-refractivity contribution in [3.8, 4) is 0 Å². The quantitative estimate of drug-likeness (QED) is 0.182. The van der Waals surface area contributed by atoms with Crippen LogP contribution in [0.5, 0.6) is 0 Å². The molecule has 0 heterocycles. The van der Waals surface area contributed by atoms with E-state index in [1.807, 2.05) is 0 Å². The fourth-order valence-electron chi connectivity index (χ4n) is 3.31. The summed E-state index contributed by atoms with van der Waals surface area (Å²) < 4.78 is 5.54. The van der Waals surface area contributed by atoms with Gasteiger partial charge in [-0.05, 0) is 39.0 Å². The predicted octanol–water partition coefficient (Wildman–Crippen LogP) is 7.02. The molecule has 1 unspecified atom stereocenters. The Labute approximate surface area is 162 Å². The second kappa shape index (κ2) is 18.9. The molecule has 0 radical (unpaired) electrons. The summed E-state index contributed by atoms with van der Waals surface area (Å²) in [6, 6.07) is 0. The van der Waals surface area contributed by atoms with Crippen LogP contribution in [0.25, 0.3) is 0 Å². The highest BCUT2D eigenvalue weighted by Gasteiger charge is 2.19. The molecule has 3 heteroatoms. The average molecular weight is 369 g/mol. The Morgan fingerprint density at radius 3 is 1.77 bits per heavy atom. The molecule has 154 valence electrons. The SMILES string of the molecule is CCCCCCCCC(CCCCCC)C(=O)OCCCCCC(C)=O. The molecule has 0 rings (SSSR count). The van der Waals surface area contributed by atoms with Crippen molar-refractivity contribution in [3.63, 3.8) is 0 Å². The van der Waals surface area contributed by atoms with Crippen LogP contribution in [0, 0.1) is 5.92 Å². The van der Waals surface area contributed by atoms with Crippen molar-refractivity contribution in [1.82, 2.24) is 0 Å². The predicted molar refractivity (Wildman–Crippen MR) is 110 cm³/mol. The van der Waals surface area contributed by atoms with Gasteiger partial charge in [-0.3, -0.25) is 4.79 Å². The smallest absolute Gasteiger partial charge is 0.308 e. The first-order valence-corrected chi connectivity index (χ1v) is 11.3. The van der Waals surface area contributed by atoms with Crippen LogP contribution in [0.1, 0.15) is 124 Å². The first-order valence-electron chi connectivity index (χ1n) is 11.3.